The van der Waals surface area contributed by atoms with E-state index < -0.39 is 0 Å². The third-order valence-electron chi connectivity index (χ3n) is 3.71. The standard InChI is InChI=1S/C14H18N2S/c17-8-7-10-5-6-12-13(9-10)16-14(15-12)11-3-1-2-4-11/h5-6,9,11,17H,1-4,7-8H2,(H,15,16). The summed E-state index contributed by atoms with van der Waals surface area (Å²) in [6.07, 6.45) is 6.32. The van der Waals surface area contributed by atoms with Crippen molar-refractivity contribution in [3.05, 3.63) is 29.6 Å². The average Bonchev–Trinajstić information content (AvgIpc) is 2.97. The van der Waals surface area contributed by atoms with Crippen LogP contribution in [0, 0.1) is 0 Å². The normalized spacial score (nSPS) is 17.0. The molecule has 0 atom stereocenters. The molecule has 1 aliphatic rings. The molecule has 2 aromatic rings. The zero-order chi connectivity index (χ0) is 11.7. The molecule has 0 radical (unpaired) electrons. The molecule has 1 saturated carbocycles. The monoisotopic (exact) mass is 246 g/mol. The van der Waals surface area contributed by atoms with E-state index in [1.165, 1.54) is 42.6 Å². The molecule has 17 heavy (non-hydrogen) atoms. The van der Waals surface area contributed by atoms with Gasteiger partial charge in [-0.05, 0) is 42.7 Å². The molecule has 3 rings (SSSR count). The van der Waals surface area contributed by atoms with Crippen LogP contribution in [0.4, 0.5) is 0 Å². The molecule has 1 heterocycles. The summed E-state index contributed by atoms with van der Waals surface area (Å²) < 4.78 is 0. The maximum Gasteiger partial charge on any atom is 0.110 e. The summed E-state index contributed by atoms with van der Waals surface area (Å²) >= 11 is 4.28. The first kappa shape index (κ1) is 11.1. The van der Waals surface area contributed by atoms with Gasteiger partial charge in [-0.25, -0.2) is 4.98 Å². The molecule has 0 bridgehead atoms. The lowest BCUT2D eigenvalue weighted by atomic mass is 10.1. The van der Waals surface area contributed by atoms with Gasteiger partial charge in [-0.3, -0.25) is 0 Å². The van der Waals surface area contributed by atoms with Gasteiger partial charge in [0.25, 0.3) is 0 Å². The van der Waals surface area contributed by atoms with Crippen LogP contribution < -0.4 is 0 Å². The number of aromatic amines is 1. The van der Waals surface area contributed by atoms with Crippen molar-refractivity contribution in [3.63, 3.8) is 0 Å². The Labute approximate surface area is 107 Å². The van der Waals surface area contributed by atoms with Crippen LogP contribution in [0.1, 0.15) is 43.0 Å². The Bertz CT molecular complexity index is 512. The summed E-state index contributed by atoms with van der Waals surface area (Å²) in [4.78, 5) is 8.22. The van der Waals surface area contributed by atoms with Gasteiger partial charge in [0.2, 0.25) is 0 Å². The number of H-pyrrole nitrogens is 1. The van der Waals surface area contributed by atoms with Gasteiger partial charge in [0.15, 0.2) is 0 Å². The van der Waals surface area contributed by atoms with Gasteiger partial charge in [-0.15, -0.1) is 0 Å². The van der Waals surface area contributed by atoms with Crippen LogP contribution in [0.15, 0.2) is 18.2 Å². The van der Waals surface area contributed by atoms with Crippen molar-refractivity contribution in [2.45, 2.75) is 38.0 Å². The number of nitrogens with one attached hydrogen (secondary N) is 1. The molecule has 1 fully saturated rings. The second kappa shape index (κ2) is 4.73. The van der Waals surface area contributed by atoms with E-state index in [0.717, 1.165) is 17.7 Å². The van der Waals surface area contributed by atoms with Crippen LogP contribution >= 0.6 is 12.6 Å². The minimum atomic E-state index is 0.663. The summed E-state index contributed by atoms with van der Waals surface area (Å²) in [7, 11) is 0. The van der Waals surface area contributed by atoms with E-state index in [1.54, 1.807) is 0 Å². The van der Waals surface area contributed by atoms with Crippen LogP contribution in [0.2, 0.25) is 0 Å². The predicted octanol–water partition coefficient (Wildman–Crippen LogP) is 3.69. The summed E-state index contributed by atoms with van der Waals surface area (Å²) in [5.41, 5.74) is 3.63. The Balaban J connectivity index is 1.94. The zero-order valence-electron chi connectivity index (χ0n) is 9.95. The molecule has 0 spiro atoms. The fourth-order valence-corrected chi connectivity index (χ4v) is 3.01. The highest BCUT2D eigenvalue weighted by Crippen LogP contribution is 2.33. The Morgan fingerprint density at radius 3 is 2.88 bits per heavy atom. The molecule has 0 amide bonds. The maximum absolute atomic E-state index is 4.72. The highest BCUT2D eigenvalue weighted by atomic mass is 32.1. The molecular weight excluding hydrogens is 228 g/mol. The number of thiol groups is 1. The van der Waals surface area contributed by atoms with Gasteiger partial charge in [0.05, 0.1) is 11.0 Å². The lowest BCUT2D eigenvalue weighted by molar-refractivity contribution is 0.681. The van der Waals surface area contributed by atoms with Gasteiger partial charge >= 0.3 is 0 Å². The quantitative estimate of drug-likeness (QED) is 0.794. The summed E-state index contributed by atoms with van der Waals surface area (Å²) in [5, 5.41) is 0. The Morgan fingerprint density at radius 1 is 1.29 bits per heavy atom. The number of fused-ring (bicyclic) bond motifs is 1. The predicted molar refractivity (Wildman–Crippen MR) is 74.9 cm³/mol. The molecule has 90 valence electrons. The maximum atomic E-state index is 4.72. The van der Waals surface area contributed by atoms with Crippen molar-refractivity contribution >= 4 is 23.7 Å². The summed E-state index contributed by atoms with van der Waals surface area (Å²) in [6, 6.07) is 6.51. The molecule has 1 aromatic carbocycles. The lowest BCUT2D eigenvalue weighted by Crippen LogP contribution is -1.93. The van der Waals surface area contributed by atoms with Crippen LogP contribution in [-0.2, 0) is 6.42 Å². The zero-order valence-corrected chi connectivity index (χ0v) is 10.8. The molecule has 1 N–H and O–H groups in total. The first-order chi connectivity index (χ1) is 8.36. The van der Waals surface area contributed by atoms with Gasteiger partial charge in [0.1, 0.15) is 5.82 Å². The average molecular weight is 246 g/mol. The number of hydrogen-bond donors (Lipinski definition) is 2. The Kier molecular flexibility index (Phi) is 3.10. The Hall–Kier alpha value is -0.960. The summed E-state index contributed by atoms with van der Waals surface area (Å²) in [6.45, 7) is 0. The van der Waals surface area contributed by atoms with Crippen LogP contribution in [-0.4, -0.2) is 15.7 Å². The number of hydrogen-bond acceptors (Lipinski definition) is 2. The van der Waals surface area contributed by atoms with Crippen molar-refractivity contribution < 1.29 is 0 Å². The third-order valence-corrected chi connectivity index (χ3v) is 3.93. The van der Waals surface area contributed by atoms with Crippen molar-refractivity contribution in [1.82, 2.24) is 9.97 Å². The third kappa shape index (κ3) is 2.21. The van der Waals surface area contributed by atoms with E-state index in [-0.39, 0.29) is 0 Å². The number of nitrogens with zero attached hydrogens (tertiary/aromatic N) is 1. The SMILES string of the molecule is SCCc1ccc2nc(C3CCCC3)[nH]c2c1. The van der Waals surface area contributed by atoms with Crippen molar-refractivity contribution in [2.75, 3.05) is 5.75 Å². The summed E-state index contributed by atoms with van der Waals surface area (Å²) in [5.74, 6) is 2.76. The highest BCUT2D eigenvalue weighted by Gasteiger charge is 2.20. The second-order valence-electron chi connectivity index (χ2n) is 4.93. The fourth-order valence-electron chi connectivity index (χ4n) is 2.75. The van der Waals surface area contributed by atoms with Gasteiger partial charge in [-0.2, -0.15) is 12.6 Å². The number of aryl methyl sites for hydroxylation is 1. The minimum absolute atomic E-state index is 0.663. The van der Waals surface area contributed by atoms with Crippen LogP contribution in [0.3, 0.4) is 0 Å². The Morgan fingerprint density at radius 2 is 2.12 bits per heavy atom. The van der Waals surface area contributed by atoms with Gasteiger partial charge < -0.3 is 4.98 Å². The van der Waals surface area contributed by atoms with Gasteiger partial charge in [0, 0.05) is 5.92 Å². The number of rotatable bonds is 3. The molecule has 3 heteroatoms. The molecule has 1 aromatic heterocycles. The number of benzene rings is 1. The number of imidazole rings is 1. The van der Waals surface area contributed by atoms with Crippen LogP contribution in [0.25, 0.3) is 11.0 Å². The minimum Gasteiger partial charge on any atom is -0.342 e. The van der Waals surface area contributed by atoms with E-state index in [9.17, 15) is 0 Å². The van der Waals surface area contributed by atoms with Crippen molar-refractivity contribution in [3.8, 4) is 0 Å². The first-order valence-corrected chi connectivity index (χ1v) is 7.09. The molecule has 0 saturated heterocycles. The van der Waals surface area contributed by atoms with E-state index in [0.29, 0.717) is 5.92 Å². The molecule has 2 nitrogen and oxygen atoms in total. The van der Waals surface area contributed by atoms with Crippen molar-refractivity contribution in [1.29, 1.82) is 0 Å². The topological polar surface area (TPSA) is 28.7 Å². The molecule has 1 aliphatic carbocycles. The van der Waals surface area contributed by atoms with E-state index in [1.807, 2.05) is 0 Å². The highest BCUT2D eigenvalue weighted by molar-refractivity contribution is 7.80. The number of aromatic nitrogens is 2. The van der Waals surface area contributed by atoms with Crippen LogP contribution in [0.5, 0.6) is 0 Å². The largest absolute Gasteiger partial charge is 0.342 e. The molecule has 0 unspecified atom stereocenters. The lowest BCUT2D eigenvalue weighted by Gasteiger charge is -2.02. The molecular formula is C14H18N2S. The van der Waals surface area contributed by atoms with E-state index in [2.05, 4.69) is 35.8 Å². The second-order valence-corrected chi connectivity index (χ2v) is 5.38. The smallest absolute Gasteiger partial charge is 0.110 e. The van der Waals surface area contributed by atoms with E-state index >= 15 is 0 Å². The first-order valence-electron chi connectivity index (χ1n) is 6.46. The van der Waals surface area contributed by atoms with Gasteiger partial charge in [-0.1, -0.05) is 18.9 Å². The molecule has 0 aliphatic heterocycles. The fraction of sp³-hybridized carbons (Fsp3) is 0.500. The van der Waals surface area contributed by atoms with E-state index in [4.69, 9.17) is 4.98 Å². The van der Waals surface area contributed by atoms with Crippen molar-refractivity contribution in [2.24, 2.45) is 0 Å².